The lowest BCUT2D eigenvalue weighted by atomic mass is 9.87. The van der Waals surface area contributed by atoms with Crippen LogP contribution in [0, 0.1) is 6.42 Å². The van der Waals surface area contributed by atoms with Gasteiger partial charge in [0.05, 0.1) is 0 Å². The summed E-state index contributed by atoms with van der Waals surface area (Å²) in [6, 6.07) is 16.4. The molecular formula is C23H29N2O. The molecule has 1 radical (unpaired) electrons. The van der Waals surface area contributed by atoms with E-state index in [4.69, 9.17) is 0 Å². The first-order valence-corrected chi connectivity index (χ1v) is 9.52. The largest absolute Gasteiger partial charge is 0.322 e. The van der Waals surface area contributed by atoms with Crippen LogP contribution in [0.5, 0.6) is 0 Å². The van der Waals surface area contributed by atoms with Crippen LogP contribution in [0.3, 0.4) is 0 Å². The Labute approximate surface area is 157 Å². The fourth-order valence-electron chi connectivity index (χ4n) is 3.29. The van der Waals surface area contributed by atoms with Crippen LogP contribution in [-0.4, -0.2) is 18.5 Å². The van der Waals surface area contributed by atoms with Crippen molar-refractivity contribution in [3.8, 4) is 0 Å². The minimum atomic E-state index is -0.0691. The average molecular weight is 349 g/mol. The van der Waals surface area contributed by atoms with E-state index in [2.05, 4.69) is 56.0 Å². The lowest BCUT2D eigenvalue weighted by Gasteiger charge is -2.23. The molecule has 2 N–H and O–H groups in total. The van der Waals surface area contributed by atoms with Gasteiger partial charge in [0.15, 0.2) is 0 Å². The number of anilines is 1. The summed E-state index contributed by atoms with van der Waals surface area (Å²) in [5.41, 5.74) is 3.98. The lowest BCUT2D eigenvalue weighted by Crippen LogP contribution is -2.34. The molecule has 1 saturated heterocycles. The molecule has 1 atom stereocenters. The third-order valence-corrected chi connectivity index (χ3v) is 4.90. The fourth-order valence-corrected chi connectivity index (χ4v) is 3.29. The van der Waals surface area contributed by atoms with Crippen molar-refractivity contribution in [2.75, 3.05) is 11.9 Å². The highest BCUT2D eigenvalue weighted by Crippen LogP contribution is 2.24. The third kappa shape index (κ3) is 4.95. The standard InChI is InChI=1S/C23H29N2O/c1-23(2,3)19-10-12-20(13-11-19)25-22(26)18-8-6-7-17(15-18)16-21-9-4-5-14-24-21/h6-8,10-13,15-16,21,24H,4-5,9,14H2,1-3H3,(H,25,26)/t21-/m1/s1. The molecule has 1 aliphatic rings. The summed E-state index contributed by atoms with van der Waals surface area (Å²) in [6.45, 7) is 7.63. The van der Waals surface area contributed by atoms with E-state index in [1.54, 1.807) is 0 Å². The number of hydrogen-bond acceptors (Lipinski definition) is 2. The quantitative estimate of drug-likeness (QED) is 0.821. The van der Waals surface area contributed by atoms with Crippen molar-refractivity contribution in [1.82, 2.24) is 5.32 Å². The SMILES string of the molecule is CC(C)(C)c1ccc(NC(=O)c2cccc([CH][C@H]3CCCCN3)c2)cc1. The number of benzene rings is 2. The number of carbonyl (C=O) groups excluding carboxylic acids is 1. The minimum absolute atomic E-state index is 0.0691. The highest BCUT2D eigenvalue weighted by molar-refractivity contribution is 6.04. The second-order valence-electron chi connectivity index (χ2n) is 8.13. The normalized spacial score (nSPS) is 17.7. The van der Waals surface area contributed by atoms with Crippen LogP contribution in [0.2, 0.25) is 0 Å². The smallest absolute Gasteiger partial charge is 0.255 e. The van der Waals surface area contributed by atoms with E-state index >= 15 is 0 Å². The summed E-state index contributed by atoms with van der Waals surface area (Å²) in [5, 5.41) is 6.52. The number of nitrogens with one attached hydrogen (secondary N) is 2. The van der Waals surface area contributed by atoms with E-state index in [0.717, 1.165) is 24.2 Å². The van der Waals surface area contributed by atoms with Crippen molar-refractivity contribution in [3.63, 3.8) is 0 Å². The lowest BCUT2D eigenvalue weighted by molar-refractivity contribution is 0.102. The third-order valence-electron chi connectivity index (χ3n) is 4.90. The Morgan fingerprint density at radius 3 is 2.54 bits per heavy atom. The van der Waals surface area contributed by atoms with Gasteiger partial charge in [0.2, 0.25) is 0 Å². The van der Waals surface area contributed by atoms with Crippen molar-refractivity contribution < 1.29 is 4.79 Å². The number of rotatable bonds is 4. The Morgan fingerprint density at radius 1 is 1.12 bits per heavy atom. The molecule has 0 aliphatic carbocycles. The molecule has 1 fully saturated rings. The van der Waals surface area contributed by atoms with Crippen molar-refractivity contribution in [2.45, 2.75) is 51.5 Å². The molecule has 3 nitrogen and oxygen atoms in total. The summed E-state index contributed by atoms with van der Waals surface area (Å²) in [6.07, 6.45) is 5.91. The van der Waals surface area contributed by atoms with Gasteiger partial charge in [0.1, 0.15) is 0 Å². The van der Waals surface area contributed by atoms with Crippen molar-refractivity contribution in [1.29, 1.82) is 0 Å². The molecular weight excluding hydrogens is 320 g/mol. The van der Waals surface area contributed by atoms with Gasteiger partial charge in [-0.15, -0.1) is 0 Å². The van der Waals surface area contributed by atoms with Crippen LogP contribution in [0.1, 0.15) is 61.5 Å². The molecule has 1 aliphatic heterocycles. The number of piperidine rings is 1. The molecule has 0 saturated carbocycles. The van der Waals surface area contributed by atoms with E-state index in [1.807, 2.05) is 30.3 Å². The molecule has 1 heterocycles. The summed E-state index contributed by atoms with van der Waals surface area (Å²) in [7, 11) is 0. The number of amides is 1. The van der Waals surface area contributed by atoms with Gasteiger partial charge < -0.3 is 10.6 Å². The van der Waals surface area contributed by atoms with E-state index in [9.17, 15) is 4.79 Å². The summed E-state index contributed by atoms with van der Waals surface area (Å²) >= 11 is 0. The first-order chi connectivity index (χ1) is 12.4. The number of carbonyl (C=O) groups is 1. The molecule has 3 heteroatoms. The maximum Gasteiger partial charge on any atom is 0.255 e. The summed E-state index contributed by atoms with van der Waals surface area (Å²) in [4.78, 5) is 12.6. The van der Waals surface area contributed by atoms with Gasteiger partial charge in [0, 0.05) is 23.7 Å². The van der Waals surface area contributed by atoms with Crippen molar-refractivity contribution in [2.24, 2.45) is 0 Å². The summed E-state index contributed by atoms with van der Waals surface area (Å²) in [5.74, 6) is -0.0691. The van der Waals surface area contributed by atoms with Gasteiger partial charge in [0.25, 0.3) is 5.91 Å². The zero-order valence-electron chi connectivity index (χ0n) is 16.0. The predicted octanol–water partition coefficient (Wildman–Crippen LogP) is 4.93. The van der Waals surface area contributed by atoms with E-state index in [0.29, 0.717) is 11.6 Å². The number of hydrogen-bond donors (Lipinski definition) is 2. The zero-order valence-corrected chi connectivity index (χ0v) is 16.0. The van der Waals surface area contributed by atoms with Gasteiger partial charge in [-0.1, -0.05) is 51.5 Å². The van der Waals surface area contributed by atoms with Gasteiger partial charge in [-0.25, -0.2) is 0 Å². The minimum Gasteiger partial charge on any atom is -0.322 e. The molecule has 26 heavy (non-hydrogen) atoms. The van der Waals surface area contributed by atoms with Gasteiger partial charge in [-0.2, -0.15) is 0 Å². The molecule has 1 amide bonds. The molecule has 0 spiro atoms. The van der Waals surface area contributed by atoms with Crippen LogP contribution >= 0.6 is 0 Å². The van der Waals surface area contributed by atoms with Crippen LogP contribution in [0.4, 0.5) is 5.69 Å². The van der Waals surface area contributed by atoms with Gasteiger partial charge in [-0.05, 0) is 60.2 Å². The van der Waals surface area contributed by atoms with Crippen molar-refractivity contribution >= 4 is 11.6 Å². The maximum absolute atomic E-state index is 12.6. The maximum atomic E-state index is 12.6. The summed E-state index contributed by atoms with van der Waals surface area (Å²) < 4.78 is 0. The highest BCUT2D eigenvalue weighted by Gasteiger charge is 2.15. The Bertz CT molecular complexity index is 738. The monoisotopic (exact) mass is 349 g/mol. The van der Waals surface area contributed by atoms with Crippen LogP contribution < -0.4 is 10.6 Å². The molecule has 0 aromatic heterocycles. The second kappa shape index (κ2) is 8.05. The van der Waals surface area contributed by atoms with E-state index in [-0.39, 0.29) is 11.3 Å². The Morgan fingerprint density at radius 2 is 1.88 bits per heavy atom. The van der Waals surface area contributed by atoms with E-state index in [1.165, 1.54) is 18.4 Å². The van der Waals surface area contributed by atoms with Crippen LogP contribution in [0.15, 0.2) is 48.5 Å². The molecule has 0 unspecified atom stereocenters. The molecule has 3 rings (SSSR count). The first-order valence-electron chi connectivity index (χ1n) is 9.52. The van der Waals surface area contributed by atoms with Gasteiger partial charge in [-0.3, -0.25) is 4.79 Å². The zero-order chi connectivity index (χ0) is 18.6. The Balaban J connectivity index is 1.65. The molecule has 2 aromatic rings. The average Bonchev–Trinajstić information content (AvgIpc) is 2.62. The van der Waals surface area contributed by atoms with E-state index < -0.39 is 0 Å². The second-order valence-corrected chi connectivity index (χ2v) is 8.13. The molecule has 0 bridgehead atoms. The van der Waals surface area contributed by atoms with Crippen molar-refractivity contribution in [3.05, 3.63) is 71.6 Å². The fraction of sp³-hybridized carbons (Fsp3) is 0.391. The van der Waals surface area contributed by atoms with Crippen LogP contribution in [0.25, 0.3) is 0 Å². The Kier molecular flexibility index (Phi) is 5.77. The molecule has 137 valence electrons. The molecule has 2 aromatic carbocycles. The topological polar surface area (TPSA) is 41.1 Å². The van der Waals surface area contributed by atoms with Crippen LogP contribution in [-0.2, 0) is 5.41 Å². The predicted molar refractivity (Wildman–Crippen MR) is 109 cm³/mol. The highest BCUT2D eigenvalue weighted by atomic mass is 16.1. The Hall–Kier alpha value is -2.13. The van der Waals surface area contributed by atoms with Gasteiger partial charge >= 0.3 is 0 Å². The first kappa shape index (κ1) is 18.7.